The van der Waals surface area contributed by atoms with Crippen LogP contribution in [-0.2, 0) is 12.3 Å². The van der Waals surface area contributed by atoms with Crippen LogP contribution in [0.5, 0.6) is 5.75 Å². The molecule has 2 aromatic carbocycles. The fourth-order valence-corrected chi connectivity index (χ4v) is 4.45. The number of anilines is 1. The predicted molar refractivity (Wildman–Crippen MR) is 94.4 cm³/mol. The summed E-state index contributed by atoms with van der Waals surface area (Å²) in [4.78, 5) is 26.2. The van der Waals surface area contributed by atoms with Gasteiger partial charge in [0.25, 0.3) is 0 Å². The van der Waals surface area contributed by atoms with Crippen LogP contribution in [0.3, 0.4) is 0 Å². The Kier molecular flexibility index (Phi) is 4.63. The van der Waals surface area contributed by atoms with E-state index in [1.807, 2.05) is 0 Å². The third-order valence-electron chi connectivity index (χ3n) is 3.57. The van der Waals surface area contributed by atoms with Gasteiger partial charge in [-0.15, -0.1) is 0 Å². The van der Waals surface area contributed by atoms with E-state index in [9.17, 15) is 22.5 Å². The van der Waals surface area contributed by atoms with Gasteiger partial charge in [-0.1, -0.05) is 0 Å². The number of H-pyrrole nitrogens is 1. The van der Waals surface area contributed by atoms with Crippen molar-refractivity contribution in [2.24, 2.45) is 0 Å². The Morgan fingerprint density at radius 2 is 1.88 bits per heavy atom. The summed E-state index contributed by atoms with van der Waals surface area (Å²) < 4.78 is 27.4. The Labute approximate surface area is 150 Å². The first-order valence-electron chi connectivity index (χ1n) is 7.52. The van der Waals surface area contributed by atoms with E-state index in [1.54, 1.807) is 24.3 Å². The Hall–Kier alpha value is -2.96. The number of fused-ring (bicyclic) bond motifs is 1. The van der Waals surface area contributed by atoms with Crippen LogP contribution >= 0.6 is 0 Å². The molecule has 9 heteroatoms. The van der Waals surface area contributed by atoms with Gasteiger partial charge in [0, 0.05) is 0 Å². The van der Waals surface area contributed by atoms with Crippen LogP contribution in [0.15, 0.2) is 48.5 Å². The average molecular weight is 418 g/mol. The molecule has 0 aliphatic heterocycles. The molecule has 3 aromatic rings. The van der Waals surface area contributed by atoms with Crippen molar-refractivity contribution < 1.29 is 26.3 Å². The fraction of sp³-hybridized carbons (Fsp3) is 0.0588. The van der Waals surface area contributed by atoms with E-state index in [-0.39, 0.29) is 21.5 Å². The molecule has 134 valence electrons. The van der Waals surface area contributed by atoms with Crippen molar-refractivity contribution in [1.29, 1.82) is 0 Å². The molecule has 0 aliphatic carbocycles. The first-order valence-corrected chi connectivity index (χ1v) is 10.8. The number of hydrogen-bond acceptors (Lipinski definition) is 5. The molecule has 1 amide bonds. The minimum atomic E-state index is -5.25. The van der Waals surface area contributed by atoms with Crippen LogP contribution in [0, 0.1) is 0 Å². The van der Waals surface area contributed by atoms with E-state index in [0.717, 1.165) is 17.5 Å². The zero-order valence-corrected chi connectivity index (χ0v) is 15.5. The average Bonchev–Trinajstić information content (AvgIpc) is 3.00. The number of aromatic nitrogens is 1. The van der Waals surface area contributed by atoms with Crippen molar-refractivity contribution in [2.75, 3.05) is 5.32 Å². The van der Waals surface area contributed by atoms with Crippen LogP contribution in [0.4, 0.5) is 5.69 Å². The maximum atomic E-state index is 12.5. The van der Waals surface area contributed by atoms with Crippen LogP contribution in [0.25, 0.3) is 10.9 Å². The van der Waals surface area contributed by atoms with Crippen molar-refractivity contribution in [1.82, 2.24) is 4.98 Å². The molecule has 0 spiro atoms. The summed E-state index contributed by atoms with van der Waals surface area (Å²) in [5, 5.41) is 12.8. The molecule has 0 saturated carbocycles. The number of aromatic hydroxyl groups is 1. The molecule has 8 nitrogen and oxygen atoms in total. The first-order chi connectivity index (χ1) is 12.3. The van der Waals surface area contributed by atoms with Gasteiger partial charge in [-0.3, -0.25) is 0 Å². The Morgan fingerprint density at radius 1 is 1.15 bits per heavy atom. The van der Waals surface area contributed by atoms with Gasteiger partial charge in [-0.05, 0) is 0 Å². The van der Waals surface area contributed by atoms with Crippen molar-refractivity contribution >= 4 is 47.0 Å². The molecule has 0 saturated heterocycles. The van der Waals surface area contributed by atoms with Crippen molar-refractivity contribution in [3.05, 3.63) is 54.2 Å². The summed E-state index contributed by atoms with van der Waals surface area (Å²) in [6, 6.07) is 12.1. The van der Waals surface area contributed by atoms with Crippen LogP contribution in [0.2, 0.25) is 0 Å². The zero-order chi connectivity index (χ0) is 18.9. The third kappa shape index (κ3) is 3.66. The van der Waals surface area contributed by atoms with E-state index in [1.165, 1.54) is 19.1 Å². The number of nitrogens with one attached hydrogen (secondary N) is 2. The number of amides is 1. The summed E-state index contributed by atoms with van der Waals surface area (Å²) >= 11 is -5.25. The topological polar surface area (TPSA) is 129 Å². The standard InChI is InChI=1S/C17H15AsN2O6/c1-10(21)19-14-9-12(6-7-16(14)22)18(24,25)26-17(23)15-8-11-4-2-3-5-13(11)20-15/h2-9,20,22H,1H3,(H,19,21)(H,24,25). The van der Waals surface area contributed by atoms with Gasteiger partial charge in [-0.2, -0.15) is 0 Å². The summed E-state index contributed by atoms with van der Waals surface area (Å²) in [6.45, 7) is 1.23. The second-order valence-corrected chi connectivity index (χ2v) is 9.20. The predicted octanol–water partition coefficient (Wildman–Crippen LogP) is 1.26. The number of para-hydroxylation sites is 1. The number of rotatable bonds is 4. The van der Waals surface area contributed by atoms with Gasteiger partial charge < -0.3 is 0 Å². The summed E-state index contributed by atoms with van der Waals surface area (Å²) in [6.07, 6.45) is 0. The number of aromatic amines is 1. The maximum absolute atomic E-state index is 12.5. The van der Waals surface area contributed by atoms with E-state index >= 15 is 0 Å². The number of hydrogen-bond donors (Lipinski definition) is 4. The monoisotopic (exact) mass is 418 g/mol. The zero-order valence-electron chi connectivity index (χ0n) is 13.6. The summed E-state index contributed by atoms with van der Waals surface area (Å²) in [5.74, 6) is -1.71. The number of benzene rings is 2. The van der Waals surface area contributed by atoms with Gasteiger partial charge in [0.2, 0.25) is 0 Å². The van der Waals surface area contributed by atoms with Gasteiger partial charge in [0.15, 0.2) is 0 Å². The quantitative estimate of drug-likeness (QED) is 0.373. The molecule has 1 unspecified atom stereocenters. The van der Waals surface area contributed by atoms with Gasteiger partial charge >= 0.3 is 150 Å². The van der Waals surface area contributed by atoms with Crippen molar-refractivity contribution in [3.63, 3.8) is 0 Å². The Morgan fingerprint density at radius 3 is 2.58 bits per heavy atom. The third-order valence-corrected chi connectivity index (χ3v) is 6.39. The Bertz CT molecular complexity index is 1030. The molecule has 4 N–H and O–H groups in total. The molecule has 0 bridgehead atoms. The number of phenols is 1. The Balaban J connectivity index is 1.87. The summed E-state index contributed by atoms with van der Waals surface area (Å²) in [5.41, 5.74) is 0.687. The second-order valence-electron chi connectivity index (χ2n) is 5.55. The molecular formula is C17H15AsN2O6. The first kappa shape index (κ1) is 17.8. The van der Waals surface area contributed by atoms with E-state index in [0.29, 0.717) is 5.52 Å². The molecule has 1 atom stereocenters. The molecule has 1 heterocycles. The van der Waals surface area contributed by atoms with Crippen molar-refractivity contribution in [2.45, 2.75) is 6.92 Å². The molecular weight excluding hydrogens is 403 g/mol. The number of carbonyl (C=O) groups is 2. The number of carbonyl (C=O) groups excluding carboxylic acids is 2. The molecule has 26 heavy (non-hydrogen) atoms. The van der Waals surface area contributed by atoms with Crippen LogP contribution < -0.4 is 9.67 Å². The van der Waals surface area contributed by atoms with E-state index < -0.39 is 26.0 Å². The van der Waals surface area contributed by atoms with E-state index in [4.69, 9.17) is 3.73 Å². The van der Waals surface area contributed by atoms with Gasteiger partial charge in [-0.25, -0.2) is 0 Å². The SMILES string of the molecule is CC(=O)Nc1cc([As](=O)(O)OC(=O)c2cc3ccccc3[nH]2)ccc1O. The molecule has 1 aromatic heterocycles. The van der Waals surface area contributed by atoms with Crippen molar-refractivity contribution in [3.8, 4) is 5.75 Å². The van der Waals surface area contributed by atoms with Gasteiger partial charge in [0.1, 0.15) is 0 Å². The molecule has 0 radical (unpaired) electrons. The molecule has 3 rings (SSSR count). The summed E-state index contributed by atoms with van der Waals surface area (Å²) in [7, 11) is 0. The van der Waals surface area contributed by atoms with E-state index in [2.05, 4.69) is 10.3 Å². The fourth-order valence-electron chi connectivity index (χ4n) is 2.39. The number of phenolic OH excluding ortho intramolecular Hbond substituents is 1. The molecule has 0 fully saturated rings. The second kappa shape index (κ2) is 6.74. The van der Waals surface area contributed by atoms with Crippen LogP contribution in [-0.4, -0.2) is 40.2 Å². The van der Waals surface area contributed by atoms with Gasteiger partial charge in [0.05, 0.1) is 0 Å². The molecule has 0 aliphatic rings. The van der Waals surface area contributed by atoms with Crippen LogP contribution in [0.1, 0.15) is 17.4 Å². The minimum absolute atomic E-state index is 0.0442. The normalized spacial score (nSPS) is 13.2.